The van der Waals surface area contributed by atoms with Gasteiger partial charge in [0.15, 0.2) is 0 Å². The fraction of sp³-hybridized carbons (Fsp3) is 0.133. The molecule has 0 saturated carbocycles. The summed E-state index contributed by atoms with van der Waals surface area (Å²) in [6.07, 6.45) is 0. The van der Waals surface area contributed by atoms with Crippen molar-refractivity contribution in [2.75, 3.05) is 12.8 Å². The van der Waals surface area contributed by atoms with Crippen molar-refractivity contribution in [1.29, 1.82) is 0 Å². The van der Waals surface area contributed by atoms with E-state index in [-0.39, 0.29) is 11.7 Å². The highest BCUT2D eigenvalue weighted by Gasteiger charge is 2.15. The zero-order chi connectivity index (χ0) is 14.7. The molecular formula is C15H14ClFN2O. The van der Waals surface area contributed by atoms with Crippen LogP contribution in [0.2, 0.25) is 5.02 Å². The Balaban J connectivity index is 2.16. The van der Waals surface area contributed by atoms with Crippen molar-refractivity contribution in [3.8, 4) is 0 Å². The molecule has 0 aromatic heterocycles. The van der Waals surface area contributed by atoms with Gasteiger partial charge < -0.3 is 10.6 Å². The summed E-state index contributed by atoms with van der Waals surface area (Å²) in [7, 11) is 1.66. The van der Waals surface area contributed by atoms with Crippen LogP contribution < -0.4 is 5.73 Å². The van der Waals surface area contributed by atoms with Gasteiger partial charge in [0.1, 0.15) is 5.82 Å². The lowest BCUT2D eigenvalue weighted by atomic mass is 10.1. The highest BCUT2D eigenvalue weighted by Crippen LogP contribution is 2.21. The molecule has 0 aliphatic carbocycles. The molecule has 0 atom stereocenters. The standard InChI is InChI=1S/C15H14ClFN2O/c1-19(9-10-2-4-11(17)5-3-10)15(20)13-8-12(18)6-7-14(13)16/h2-8H,9,18H2,1H3. The highest BCUT2D eigenvalue weighted by atomic mass is 35.5. The maximum Gasteiger partial charge on any atom is 0.255 e. The molecule has 104 valence electrons. The molecule has 20 heavy (non-hydrogen) atoms. The lowest BCUT2D eigenvalue weighted by Gasteiger charge is -2.18. The van der Waals surface area contributed by atoms with Gasteiger partial charge in [0, 0.05) is 19.3 Å². The number of nitrogen functional groups attached to an aromatic ring is 1. The van der Waals surface area contributed by atoms with Gasteiger partial charge in [0.05, 0.1) is 10.6 Å². The van der Waals surface area contributed by atoms with Crippen LogP contribution in [0.1, 0.15) is 15.9 Å². The molecule has 0 aliphatic heterocycles. The Bertz CT molecular complexity index is 628. The molecule has 0 radical (unpaired) electrons. The van der Waals surface area contributed by atoms with E-state index in [1.165, 1.54) is 17.0 Å². The Morgan fingerprint density at radius 2 is 1.90 bits per heavy atom. The second-order valence-corrected chi connectivity index (χ2v) is 4.93. The zero-order valence-corrected chi connectivity index (χ0v) is 11.7. The smallest absolute Gasteiger partial charge is 0.255 e. The third kappa shape index (κ3) is 3.27. The van der Waals surface area contributed by atoms with Crippen molar-refractivity contribution in [1.82, 2.24) is 4.90 Å². The minimum atomic E-state index is -0.304. The topological polar surface area (TPSA) is 46.3 Å². The first-order valence-electron chi connectivity index (χ1n) is 6.02. The first kappa shape index (κ1) is 14.3. The van der Waals surface area contributed by atoms with E-state index in [2.05, 4.69) is 0 Å². The number of halogens is 2. The van der Waals surface area contributed by atoms with Crippen molar-refractivity contribution >= 4 is 23.2 Å². The number of hydrogen-bond acceptors (Lipinski definition) is 2. The van der Waals surface area contributed by atoms with Gasteiger partial charge in [0.25, 0.3) is 5.91 Å². The van der Waals surface area contributed by atoms with E-state index in [4.69, 9.17) is 17.3 Å². The minimum absolute atomic E-state index is 0.230. The van der Waals surface area contributed by atoms with Crippen LogP contribution in [0, 0.1) is 5.82 Å². The highest BCUT2D eigenvalue weighted by molar-refractivity contribution is 6.33. The molecule has 0 spiro atoms. The largest absolute Gasteiger partial charge is 0.399 e. The minimum Gasteiger partial charge on any atom is -0.399 e. The van der Waals surface area contributed by atoms with Crippen LogP contribution in [-0.2, 0) is 6.54 Å². The third-order valence-electron chi connectivity index (χ3n) is 2.90. The summed E-state index contributed by atoms with van der Waals surface area (Å²) in [5.41, 5.74) is 7.34. The SMILES string of the molecule is CN(Cc1ccc(F)cc1)C(=O)c1cc(N)ccc1Cl. The number of anilines is 1. The van der Waals surface area contributed by atoms with E-state index < -0.39 is 0 Å². The van der Waals surface area contributed by atoms with E-state index >= 15 is 0 Å². The van der Waals surface area contributed by atoms with Crippen LogP contribution >= 0.6 is 11.6 Å². The van der Waals surface area contributed by atoms with E-state index in [0.29, 0.717) is 22.8 Å². The molecule has 2 N–H and O–H groups in total. The number of hydrogen-bond donors (Lipinski definition) is 1. The number of rotatable bonds is 3. The molecule has 5 heteroatoms. The molecule has 0 unspecified atom stereocenters. The van der Waals surface area contributed by atoms with Gasteiger partial charge in [-0.15, -0.1) is 0 Å². The van der Waals surface area contributed by atoms with Crippen LogP contribution in [-0.4, -0.2) is 17.9 Å². The number of carbonyl (C=O) groups excluding carboxylic acids is 1. The Labute approximate surface area is 121 Å². The van der Waals surface area contributed by atoms with Crippen molar-refractivity contribution in [2.24, 2.45) is 0 Å². The first-order valence-corrected chi connectivity index (χ1v) is 6.40. The molecule has 3 nitrogen and oxygen atoms in total. The number of carbonyl (C=O) groups is 1. The Morgan fingerprint density at radius 1 is 1.25 bits per heavy atom. The predicted molar refractivity (Wildman–Crippen MR) is 78.1 cm³/mol. The summed E-state index contributed by atoms with van der Waals surface area (Å²) >= 11 is 6.01. The second-order valence-electron chi connectivity index (χ2n) is 4.53. The van der Waals surface area contributed by atoms with E-state index in [1.807, 2.05) is 0 Å². The molecule has 1 amide bonds. The average molecular weight is 293 g/mol. The van der Waals surface area contributed by atoms with Crippen LogP contribution in [0.5, 0.6) is 0 Å². The van der Waals surface area contributed by atoms with Crippen LogP contribution in [0.4, 0.5) is 10.1 Å². The van der Waals surface area contributed by atoms with Crippen molar-refractivity contribution < 1.29 is 9.18 Å². The van der Waals surface area contributed by atoms with Crippen LogP contribution in [0.25, 0.3) is 0 Å². The Hall–Kier alpha value is -2.07. The Morgan fingerprint density at radius 3 is 2.55 bits per heavy atom. The average Bonchev–Trinajstić information content (AvgIpc) is 2.43. The molecule has 0 aliphatic rings. The summed E-state index contributed by atoms with van der Waals surface area (Å²) < 4.78 is 12.8. The van der Waals surface area contributed by atoms with Crippen molar-refractivity contribution in [2.45, 2.75) is 6.54 Å². The number of nitrogens with two attached hydrogens (primary N) is 1. The van der Waals surface area contributed by atoms with E-state index in [9.17, 15) is 9.18 Å². The fourth-order valence-electron chi connectivity index (χ4n) is 1.85. The summed E-state index contributed by atoms with van der Waals surface area (Å²) in [4.78, 5) is 13.8. The zero-order valence-electron chi connectivity index (χ0n) is 10.9. The maximum absolute atomic E-state index is 12.8. The summed E-state index contributed by atoms with van der Waals surface area (Å²) in [6.45, 7) is 0.365. The predicted octanol–water partition coefficient (Wildman–Crippen LogP) is 3.33. The summed E-state index contributed by atoms with van der Waals surface area (Å²) in [5.74, 6) is -0.534. The van der Waals surface area contributed by atoms with Gasteiger partial charge in [-0.3, -0.25) is 4.79 Å². The molecule has 0 heterocycles. The molecule has 2 aromatic rings. The fourth-order valence-corrected chi connectivity index (χ4v) is 2.05. The summed E-state index contributed by atoms with van der Waals surface area (Å²) in [6, 6.07) is 10.8. The van der Waals surface area contributed by atoms with Gasteiger partial charge in [-0.25, -0.2) is 4.39 Å². The van der Waals surface area contributed by atoms with Gasteiger partial charge in [-0.2, -0.15) is 0 Å². The van der Waals surface area contributed by atoms with Gasteiger partial charge >= 0.3 is 0 Å². The number of nitrogens with zero attached hydrogens (tertiary/aromatic N) is 1. The molecular weight excluding hydrogens is 279 g/mol. The van der Waals surface area contributed by atoms with E-state index in [0.717, 1.165) is 5.56 Å². The quantitative estimate of drug-likeness (QED) is 0.882. The Kier molecular flexibility index (Phi) is 4.25. The van der Waals surface area contributed by atoms with E-state index in [1.54, 1.807) is 37.4 Å². The molecule has 0 fully saturated rings. The molecule has 2 rings (SSSR count). The normalized spacial score (nSPS) is 10.3. The first-order chi connectivity index (χ1) is 9.47. The van der Waals surface area contributed by atoms with Crippen LogP contribution in [0.15, 0.2) is 42.5 Å². The lowest BCUT2D eigenvalue weighted by Crippen LogP contribution is -2.26. The summed E-state index contributed by atoms with van der Waals surface area (Å²) in [5, 5.41) is 0.357. The molecule has 2 aromatic carbocycles. The van der Waals surface area contributed by atoms with Gasteiger partial charge in [-0.1, -0.05) is 23.7 Å². The third-order valence-corrected chi connectivity index (χ3v) is 3.23. The monoisotopic (exact) mass is 292 g/mol. The number of benzene rings is 2. The van der Waals surface area contributed by atoms with Gasteiger partial charge in [0.2, 0.25) is 0 Å². The molecule has 0 bridgehead atoms. The van der Waals surface area contributed by atoms with Gasteiger partial charge in [-0.05, 0) is 35.9 Å². The van der Waals surface area contributed by atoms with Crippen LogP contribution in [0.3, 0.4) is 0 Å². The second kappa shape index (κ2) is 5.92. The van der Waals surface area contributed by atoms with Crippen molar-refractivity contribution in [3.05, 3.63) is 64.4 Å². The van der Waals surface area contributed by atoms with Crippen molar-refractivity contribution in [3.63, 3.8) is 0 Å². The lowest BCUT2D eigenvalue weighted by molar-refractivity contribution is 0.0785. The molecule has 0 saturated heterocycles. The number of amides is 1. The maximum atomic E-state index is 12.8.